The van der Waals surface area contributed by atoms with Crippen LogP contribution >= 0.6 is 0 Å². The predicted octanol–water partition coefficient (Wildman–Crippen LogP) is 1.89. The van der Waals surface area contributed by atoms with Gasteiger partial charge in [-0.25, -0.2) is 5.84 Å². The van der Waals surface area contributed by atoms with Crippen molar-refractivity contribution in [3.8, 4) is 11.1 Å². The van der Waals surface area contributed by atoms with Gasteiger partial charge >= 0.3 is 0 Å². The Morgan fingerprint density at radius 1 is 1.00 bits per heavy atom. The van der Waals surface area contributed by atoms with E-state index < -0.39 is 0 Å². The van der Waals surface area contributed by atoms with Crippen LogP contribution in [0.4, 0.5) is 0 Å². The van der Waals surface area contributed by atoms with E-state index in [1.54, 1.807) is 0 Å². The highest BCUT2D eigenvalue weighted by molar-refractivity contribution is 5.81. The Morgan fingerprint density at radius 3 is 2.35 bits per heavy atom. The van der Waals surface area contributed by atoms with Gasteiger partial charge in [-0.2, -0.15) is 0 Å². The van der Waals surface area contributed by atoms with Crippen LogP contribution in [0.3, 0.4) is 0 Å². The summed E-state index contributed by atoms with van der Waals surface area (Å²) >= 11 is 0. The van der Waals surface area contributed by atoms with Crippen molar-refractivity contribution in [2.24, 2.45) is 5.84 Å². The van der Waals surface area contributed by atoms with E-state index in [-0.39, 0.29) is 5.91 Å². The highest BCUT2D eigenvalue weighted by atomic mass is 16.2. The first-order chi connectivity index (χ1) is 8.31. The summed E-state index contributed by atoms with van der Waals surface area (Å²) in [5.74, 6) is 4.92. The lowest BCUT2D eigenvalue weighted by Crippen LogP contribution is -2.31. The number of hydrazine groups is 1. The van der Waals surface area contributed by atoms with E-state index in [0.29, 0.717) is 6.42 Å². The second kappa shape index (κ2) is 5.27. The van der Waals surface area contributed by atoms with Gasteiger partial charge in [-0.1, -0.05) is 54.6 Å². The van der Waals surface area contributed by atoms with Crippen LogP contribution in [-0.2, 0) is 11.2 Å². The summed E-state index contributed by atoms with van der Waals surface area (Å²) < 4.78 is 0. The molecule has 0 saturated carbocycles. The molecule has 0 fully saturated rings. The summed E-state index contributed by atoms with van der Waals surface area (Å²) in [4.78, 5) is 11.3. The SMILES string of the molecule is NNC(=O)Cc1ccccc1-c1ccccc1. The summed E-state index contributed by atoms with van der Waals surface area (Å²) in [6, 6.07) is 17.8. The molecule has 86 valence electrons. The molecule has 3 nitrogen and oxygen atoms in total. The van der Waals surface area contributed by atoms with Gasteiger partial charge in [0.2, 0.25) is 5.91 Å². The van der Waals surface area contributed by atoms with Crippen LogP contribution in [0.1, 0.15) is 5.56 Å². The molecular formula is C14H14N2O. The van der Waals surface area contributed by atoms with Crippen molar-refractivity contribution in [2.75, 3.05) is 0 Å². The number of amides is 1. The van der Waals surface area contributed by atoms with E-state index in [9.17, 15) is 4.79 Å². The molecule has 0 aliphatic heterocycles. The first-order valence-corrected chi connectivity index (χ1v) is 5.44. The fourth-order valence-corrected chi connectivity index (χ4v) is 1.80. The van der Waals surface area contributed by atoms with Crippen molar-refractivity contribution in [3.63, 3.8) is 0 Å². The third kappa shape index (κ3) is 2.71. The smallest absolute Gasteiger partial charge is 0.238 e. The van der Waals surface area contributed by atoms with Gasteiger partial charge in [-0.15, -0.1) is 0 Å². The largest absolute Gasteiger partial charge is 0.294 e. The summed E-state index contributed by atoms with van der Waals surface area (Å²) in [5.41, 5.74) is 5.30. The number of hydrogen-bond acceptors (Lipinski definition) is 2. The number of rotatable bonds is 3. The first kappa shape index (κ1) is 11.4. The minimum Gasteiger partial charge on any atom is -0.294 e. The number of nitrogens with one attached hydrogen (secondary N) is 1. The fourth-order valence-electron chi connectivity index (χ4n) is 1.80. The molecule has 3 heteroatoms. The van der Waals surface area contributed by atoms with Gasteiger partial charge in [0, 0.05) is 0 Å². The molecule has 0 aromatic heterocycles. The Balaban J connectivity index is 2.38. The van der Waals surface area contributed by atoms with Gasteiger partial charge in [0.05, 0.1) is 6.42 Å². The molecule has 0 unspecified atom stereocenters. The zero-order chi connectivity index (χ0) is 12.1. The number of benzene rings is 2. The number of carbonyl (C=O) groups is 1. The molecule has 0 radical (unpaired) electrons. The Hall–Kier alpha value is -2.13. The molecule has 0 aliphatic rings. The van der Waals surface area contributed by atoms with E-state index >= 15 is 0 Å². The van der Waals surface area contributed by atoms with Crippen molar-refractivity contribution < 1.29 is 4.79 Å². The Kier molecular flexibility index (Phi) is 3.52. The molecule has 17 heavy (non-hydrogen) atoms. The van der Waals surface area contributed by atoms with E-state index in [0.717, 1.165) is 16.7 Å². The normalized spacial score (nSPS) is 9.94. The van der Waals surface area contributed by atoms with Crippen molar-refractivity contribution in [3.05, 3.63) is 60.2 Å². The molecule has 0 heterocycles. The van der Waals surface area contributed by atoms with Crippen molar-refractivity contribution in [1.82, 2.24) is 5.43 Å². The van der Waals surface area contributed by atoms with E-state index in [1.807, 2.05) is 54.6 Å². The van der Waals surface area contributed by atoms with Crippen LogP contribution in [-0.4, -0.2) is 5.91 Å². The van der Waals surface area contributed by atoms with Crippen molar-refractivity contribution in [1.29, 1.82) is 0 Å². The number of carbonyl (C=O) groups excluding carboxylic acids is 1. The molecule has 0 atom stereocenters. The zero-order valence-electron chi connectivity index (χ0n) is 9.39. The summed E-state index contributed by atoms with van der Waals surface area (Å²) in [5, 5.41) is 0. The quantitative estimate of drug-likeness (QED) is 0.477. The second-order valence-corrected chi connectivity index (χ2v) is 3.77. The lowest BCUT2D eigenvalue weighted by atomic mass is 9.98. The van der Waals surface area contributed by atoms with Crippen LogP contribution < -0.4 is 11.3 Å². The molecular weight excluding hydrogens is 212 g/mol. The average Bonchev–Trinajstić information content (AvgIpc) is 2.40. The van der Waals surface area contributed by atoms with Gasteiger partial charge in [-0.3, -0.25) is 10.2 Å². The Labute approximate surface area is 100 Å². The van der Waals surface area contributed by atoms with Crippen LogP contribution in [0.5, 0.6) is 0 Å². The number of hydrogen-bond donors (Lipinski definition) is 2. The highest BCUT2D eigenvalue weighted by Crippen LogP contribution is 2.23. The topological polar surface area (TPSA) is 55.1 Å². The molecule has 3 N–H and O–H groups in total. The molecule has 0 bridgehead atoms. The minimum atomic E-state index is -0.187. The fraction of sp³-hybridized carbons (Fsp3) is 0.0714. The van der Waals surface area contributed by atoms with E-state index in [2.05, 4.69) is 5.43 Å². The molecule has 2 rings (SSSR count). The maximum Gasteiger partial charge on any atom is 0.238 e. The molecule has 0 spiro atoms. The maximum atomic E-state index is 11.3. The predicted molar refractivity (Wildman–Crippen MR) is 67.9 cm³/mol. The Bertz CT molecular complexity index is 509. The van der Waals surface area contributed by atoms with Crippen molar-refractivity contribution in [2.45, 2.75) is 6.42 Å². The van der Waals surface area contributed by atoms with E-state index in [4.69, 9.17) is 5.84 Å². The second-order valence-electron chi connectivity index (χ2n) is 3.77. The van der Waals surface area contributed by atoms with Gasteiger partial charge < -0.3 is 0 Å². The summed E-state index contributed by atoms with van der Waals surface area (Å²) in [6.07, 6.45) is 0.293. The van der Waals surface area contributed by atoms with E-state index in [1.165, 1.54) is 0 Å². The highest BCUT2D eigenvalue weighted by Gasteiger charge is 2.07. The minimum absolute atomic E-state index is 0.187. The number of nitrogens with two attached hydrogens (primary N) is 1. The molecule has 2 aromatic carbocycles. The summed E-state index contributed by atoms with van der Waals surface area (Å²) in [7, 11) is 0. The van der Waals surface area contributed by atoms with Crippen molar-refractivity contribution >= 4 is 5.91 Å². The average molecular weight is 226 g/mol. The summed E-state index contributed by atoms with van der Waals surface area (Å²) in [6.45, 7) is 0. The molecule has 0 aliphatic carbocycles. The first-order valence-electron chi connectivity index (χ1n) is 5.44. The van der Waals surface area contributed by atoms with Crippen LogP contribution in [0.2, 0.25) is 0 Å². The monoisotopic (exact) mass is 226 g/mol. The molecule has 2 aromatic rings. The lowest BCUT2D eigenvalue weighted by molar-refractivity contribution is -0.120. The Morgan fingerprint density at radius 2 is 1.65 bits per heavy atom. The van der Waals surface area contributed by atoms with Crippen LogP contribution in [0.25, 0.3) is 11.1 Å². The van der Waals surface area contributed by atoms with Gasteiger partial charge in [-0.05, 0) is 16.7 Å². The standard InChI is InChI=1S/C14H14N2O/c15-16-14(17)10-12-8-4-5-9-13(12)11-6-2-1-3-7-11/h1-9H,10,15H2,(H,16,17). The van der Waals surface area contributed by atoms with Crippen LogP contribution in [0, 0.1) is 0 Å². The third-order valence-electron chi connectivity index (χ3n) is 2.61. The van der Waals surface area contributed by atoms with Crippen LogP contribution in [0.15, 0.2) is 54.6 Å². The lowest BCUT2D eigenvalue weighted by Gasteiger charge is -2.08. The van der Waals surface area contributed by atoms with Gasteiger partial charge in [0.1, 0.15) is 0 Å². The maximum absolute atomic E-state index is 11.3. The van der Waals surface area contributed by atoms with Gasteiger partial charge in [0.15, 0.2) is 0 Å². The molecule has 1 amide bonds. The zero-order valence-corrected chi connectivity index (χ0v) is 9.39. The molecule has 0 saturated heterocycles. The third-order valence-corrected chi connectivity index (χ3v) is 2.61. The van der Waals surface area contributed by atoms with Gasteiger partial charge in [0.25, 0.3) is 0 Å².